The summed E-state index contributed by atoms with van der Waals surface area (Å²) in [5, 5.41) is 0. The number of rotatable bonds is 5. The van der Waals surface area contributed by atoms with Crippen molar-refractivity contribution in [3.63, 3.8) is 0 Å². The summed E-state index contributed by atoms with van der Waals surface area (Å²) in [4.78, 5) is 29.2. The van der Waals surface area contributed by atoms with Crippen molar-refractivity contribution in [2.45, 2.75) is 19.3 Å². The summed E-state index contributed by atoms with van der Waals surface area (Å²) in [6.07, 6.45) is 8.99. The third kappa shape index (κ3) is 4.43. The van der Waals surface area contributed by atoms with Gasteiger partial charge in [-0.3, -0.25) is 9.78 Å². The number of aryl methyl sites for hydroxylation is 1. The molecule has 1 amide bonds. The number of pyridine rings is 1. The van der Waals surface area contributed by atoms with Crippen LogP contribution in [0.3, 0.4) is 0 Å². The molecule has 0 radical (unpaired) electrons. The largest absolute Gasteiger partial charge is 0.478 e. The number of aromatic nitrogens is 3. The van der Waals surface area contributed by atoms with Crippen molar-refractivity contribution in [3.05, 3.63) is 42.5 Å². The van der Waals surface area contributed by atoms with E-state index < -0.39 is 0 Å². The molecule has 0 aliphatic carbocycles. The van der Waals surface area contributed by atoms with Gasteiger partial charge in [-0.05, 0) is 30.5 Å². The molecule has 25 heavy (non-hydrogen) atoms. The fraction of sp³-hybridized carbons (Fsp3) is 0.444. The molecule has 1 aliphatic heterocycles. The van der Waals surface area contributed by atoms with Crippen LogP contribution in [0.1, 0.15) is 18.4 Å². The molecule has 2 aromatic heterocycles. The predicted octanol–water partition coefficient (Wildman–Crippen LogP) is 1.55. The minimum absolute atomic E-state index is 0.199. The van der Waals surface area contributed by atoms with E-state index in [4.69, 9.17) is 4.74 Å². The van der Waals surface area contributed by atoms with Gasteiger partial charge in [-0.25, -0.2) is 9.97 Å². The van der Waals surface area contributed by atoms with E-state index >= 15 is 0 Å². The van der Waals surface area contributed by atoms with Gasteiger partial charge < -0.3 is 14.5 Å². The fourth-order valence-corrected chi connectivity index (χ4v) is 3.02. The molecule has 1 fully saturated rings. The van der Waals surface area contributed by atoms with Crippen LogP contribution in [-0.2, 0) is 11.2 Å². The van der Waals surface area contributed by atoms with Crippen LogP contribution < -0.4 is 9.64 Å². The third-order valence-corrected chi connectivity index (χ3v) is 4.36. The lowest BCUT2D eigenvalue weighted by molar-refractivity contribution is -0.130. The molecule has 0 unspecified atom stereocenters. The van der Waals surface area contributed by atoms with Gasteiger partial charge in [0.2, 0.25) is 5.91 Å². The Hall–Kier alpha value is -2.70. The topological polar surface area (TPSA) is 71.5 Å². The summed E-state index contributed by atoms with van der Waals surface area (Å²) >= 11 is 0. The summed E-state index contributed by atoms with van der Waals surface area (Å²) in [6, 6.07) is 3.91. The Bertz CT molecular complexity index is 695. The normalized spacial score (nSPS) is 14.9. The molecule has 1 saturated heterocycles. The number of carbonyl (C=O) groups excluding carboxylic acids is 1. The minimum atomic E-state index is 0.199. The molecule has 0 saturated carbocycles. The van der Waals surface area contributed by atoms with Gasteiger partial charge in [0.1, 0.15) is 0 Å². The molecule has 0 aromatic carbocycles. The van der Waals surface area contributed by atoms with Gasteiger partial charge >= 0.3 is 0 Å². The average Bonchev–Trinajstić information content (AvgIpc) is 2.93. The summed E-state index contributed by atoms with van der Waals surface area (Å²) in [5.74, 6) is 1.47. The van der Waals surface area contributed by atoms with E-state index in [0.29, 0.717) is 18.8 Å². The van der Waals surface area contributed by atoms with E-state index in [-0.39, 0.29) is 5.91 Å². The molecule has 3 heterocycles. The Morgan fingerprint density at radius 2 is 1.88 bits per heavy atom. The van der Waals surface area contributed by atoms with Crippen LogP contribution in [0.15, 0.2) is 36.9 Å². The van der Waals surface area contributed by atoms with Gasteiger partial charge in [-0.15, -0.1) is 0 Å². The Kier molecular flexibility index (Phi) is 5.77. The number of amides is 1. The van der Waals surface area contributed by atoms with Gasteiger partial charge in [0.15, 0.2) is 5.82 Å². The van der Waals surface area contributed by atoms with E-state index in [2.05, 4.69) is 19.9 Å². The maximum absolute atomic E-state index is 12.5. The highest BCUT2D eigenvalue weighted by Crippen LogP contribution is 2.23. The predicted molar refractivity (Wildman–Crippen MR) is 94.6 cm³/mol. The van der Waals surface area contributed by atoms with E-state index in [1.807, 2.05) is 17.0 Å². The van der Waals surface area contributed by atoms with E-state index in [0.717, 1.165) is 43.9 Å². The van der Waals surface area contributed by atoms with Crippen LogP contribution in [0.25, 0.3) is 0 Å². The second-order valence-corrected chi connectivity index (χ2v) is 5.97. The molecule has 7 heteroatoms. The maximum Gasteiger partial charge on any atom is 0.257 e. The first-order valence-electron chi connectivity index (χ1n) is 8.54. The molecular weight excluding hydrogens is 318 g/mol. The van der Waals surface area contributed by atoms with Gasteiger partial charge in [-0.2, -0.15) is 0 Å². The lowest BCUT2D eigenvalue weighted by Gasteiger charge is -2.23. The molecule has 0 spiro atoms. The third-order valence-electron chi connectivity index (χ3n) is 4.36. The van der Waals surface area contributed by atoms with Crippen LogP contribution in [0.2, 0.25) is 0 Å². The molecule has 1 aliphatic rings. The summed E-state index contributed by atoms with van der Waals surface area (Å²) in [5.41, 5.74) is 1.14. The lowest BCUT2D eigenvalue weighted by Crippen LogP contribution is -2.35. The number of anilines is 1. The molecule has 0 atom stereocenters. The van der Waals surface area contributed by atoms with Crippen LogP contribution in [-0.4, -0.2) is 59.0 Å². The number of carbonyl (C=O) groups is 1. The monoisotopic (exact) mass is 341 g/mol. The van der Waals surface area contributed by atoms with E-state index in [9.17, 15) is 4.79 Å². The Morgan fingerprint density at radius 3 is 2.68 bits per heavy atom. The number of nitrogens with zero attached hydrogens (tertiary/aromatic N) is 5. The van der Waals surface area contributed by atoms with E-state index in [1.165, 1.54) is 0 Å². The van der Waals surface area contributed by atoms with Crippen LogP contribution in [0.4, 0.5) is 5.82 Å². The molecule has 3 rings (SSSR count). The van der Waals surface area contributed by atoms with Crippen molar-refractivity contribution in [1.29, 1.82) is 0 Å². The molecule has 0 N–H and O–H groups in total. The van der Waals surface area contributed by atoms with Crippen molar-refractivity contribution in [3.8, 4) is 5.88 Å². The Balaban J connectivity index is 1.57. The fourth-order valence-electron chi connectivity index (χ4n) is 3.02. The summed E-state index contributed by atoms with van der Waals surface area (Å²) in [7, 11) is 1.60. The average molecular weight is 341 g/mol. The SMILES string of the molecule is COc1nccnc1N1CCCN(C(=O)CCc2ccncc2)CC1. The highest BCUT2D eigenvalue weighted by atomic mass is 16.5. The Labute approximate surface area is 147 Å². The van der Waals surface area contributed by atoms with Crippen molar-refractivity contribution in [2.75, 3.05) is 38.2 Å². The minimum Gasteiger partial charge on any atom is -0.478 e. The summed E-state index contributed by atoms with van der Waals surface area (Å²) < 4.78 is 5.30. The zero-order valence-electron chi connectivity index (χ0n) is 14.5. The zero-order valence-corrected chi connectivity index (χ0v) is 14.5. The number of methoxy groups -OCH3 is 1. The van der Waals surface area contributed by atoms with Gasteiger partial charge in [0, 0.05) is 57.4 Å². The summed E-state index contributed by atoms with van der Waals surface area (Å²) in [6.45, 7) is 3.03. The van der Waals surface area contributed by atoms with Crippen molar-refractivity contribution < 1.29 is 9.53 Å². The van der Waals surface area contributed by atoms with Gasteiger partial charge in [0.25, 0.3) is 5.88 Å². The van der Waals surface area contributed by atoms with Gasteiger partial charge in [0.05, 0.1) is 7.11 Å². The van der Waals surface area contributed by atoms with Gasteiger partial charge in [-0.1, -0.05) is 0 Å². The highest BCUT2D eigenvalue weighted by molar-refractivity contribution is 5.76. The van der Waals surface area contributed by atoms with Crippen molar-refractivity contribution in [2.24, 2.45) is 0 Å². The lowest BCUT2D eigenvalue weighted by atomic mass is 10.1. The quantitative estimate of drug-likeness (QED) is 0.822. The standard InChI is InChI=1S/C18H23N5O2/c1-25-18-17(20-9-10-21-18)23-12-2-11-22(13-14-23)16(24)4-3-15-5-7-19-8-6-15/h5-10H,2-4,11-14H2,1H3. The molecule has 7 nitrogen and oxygen atoms in total. The van der Waals surface area contributed by atoms with Crippen molar-refractivity contribution in [1.82, 2.24) is 19.9 Å². The molecule has 132 valence electrons. The molecule has 2 aromatic rings. The molecule has 0 bridgehead atoms. The van der Waals surface area contributed by atoms with Crippen molar-refractivity contribution >= 4 is 11.7 Å². The second-order valence-electron chi connectivity index (χ2n) is 5.97. The second kappa shape index (κ2) is 8.41. The Morgan fingerprint density at radius 1 is 1.08 bits per heavy atom. The number of ether oxygens (including phenoxy) is 1. The number of hydrogen-bond donors (Lipinski definition) is 0. The number of hydrogen-bond acceptors (Lipinski definition) is 6. The van der Waals surface area contributed by atoms with Crippen LogP contribution in [0.5, 0.6) is 5.88 Å². The first kappa shape index (κ1) is 17.1. The highest BCUT2D eigenvalue weighted by Gasteiger charge is 2.22. The first-order valence-corrected chi connectivity index (χ1v) is 8.54. The first-order chi connectivity index (χ1) is 12.3. The maximum atomic E-state index is 12.5. The van der Waals surface area contributed by atoms with Crippen LogP contribution >= 0.6 is 0 Å². The van der Waals surface area contributed by atoms with E-state index in [1.54, 1.807) is 31.9 Å². The van der Waals surface area contributed by atoms with Crippen LogP contribution in [0, 0.1) is 0 Å². The smallest absolute Gasteiger partial charge is 0.257 e. The zero-order chi connectivity index (χ0) is 17.5. The molecular formula is C18H23N5O2.